The molecule has 0 aromatic heterocycles. The van der Waals surface area contributed by atoms with Crippen LogP contribution >= 0.6 is 0 Å². The summed E-state index contributed by atoms with van der Waals surface area (Å²) in [6, 6.07) is 0. The maximum Gasteiger partial charge on any atom is -0.0141 e. The predicted molar refractivity (Wildman–Crippen MR) is 64.7 cm³/mol. The molecule has 3 rings (SSSR count). The molecule has 0 aliphatic heterocycles. The van der Waals surface area contributed by atoms with E-state index < -0.39 is 0 Å². The minimum atomic E-state index is 0.600. The van der Waals surface area contributed by atoms with Gasteiger partial charge in [-0.3, -0.25) is 0 Å². The molecule has 84 valence electrons. The van der Waals surface area contributed by atoms with E-state index in [0.29, 0.717) is 16.2 Å². The van der Waals surface area contributed by atoms with E-state index in [0.717, 1.165) is 5.92 Å². The van der Waals surface area contributed by atoms with Crippen molar-refractivity contribution in [1.82, 2.24) is 0 Å². The highest BCUT2D eigenvalue weighted by atomic mass is 14.7. The van der Waals surface area contributed by atoms with Gasteiger partial charge in [0.15, 0.2) is 0 Å². The molecule has 0 radical (unpaired) electrons. The van der Waals surface area contributed by atoms with Gasteiger partial charge in [0, 0.05) is 0 Å². The Bertz CT molecular complexity index is 340. The third kappa shape index (κ3) is 0.867. The molecule has 3 aliphatic carbocycles. The van der Waals surface area contributed by atoms with E-state index in [-0.39, 0.29) is 0 Å². The van der Waals surface area contributed by atoms with Gasteiger partial charge in [-0.2, -0.15) is 0 Å². The first kappa shape index (κ1) is 9.93. The van der Waals surface area contributed by atoms with Crippen molar-refractivity contribution in [1.29, 1.82) is 0 Å². The summed E-state index contributed by atoms with van der Waals surface area (Å²) >= 11 is 0. The summed E-state index contributed by atoms with van der Waals surface area (Å²) in [5, 5.41) is 0. The van der Waals surface area contributed by atoms with Gasteiger partial charge in [-0.05, 0) is 54.8 Å². The van der Waals surface area contributed by atoms with Crippen LogP contribution in [0.25, 0.3) is 0 Å². The molecular formula is C15H24. The van der Waals surface area contributed by atoms with Gasteiger partial charge in [-0.15, -0.1) is 0 Å². The van der Waals surface area contributed by atoms with Crippen LogP contribution in [-0.4, -0.2) is 0 Å². The molecule has 0 amide bonds. The van der Waals surface area contributed by atoms with Crippen LogP contribution in [0, 0.1) is 22.2 Å². The van der Waals surface area contributed by atoms with Gasteiger partial charge in [0.1, 0.15) is 0 Å². The molecule has 0 aromatic carbocycles. The molecule has 3 aliphatic rings. The van der Waals surface area contributed by atoms with Crippen molar-refractivity contribution in [3.05, 3.63) is 11.6 Å². The summed E-state index contributed by atoms with van der Waals surface area (Å²) < 4.78 is 0. The van der Waals surface area contributed by atoms with E-state index in [4.69, 9.17) is 0 Å². The Morgan fingerprint density at radius 1 is 1.20 bits per heavy atom. The van der Waals surface area contributed by atoms with E-state index in [1.165, 1.54) is 32.1 Å². The Kier molecular flexibility index (Phi) is 1.67. The molecule has 0 heteroatoms. The standard InChI is InChI=1S/C15H24/c1-11-6-9-13(2)10-12(11)14(3)7-5-8-15(13,14)4/h6,12H,5,7-10H2,1-4H3. The minimum absolute atomic E-state index is 0.600. The van der Waals surface area contributed by atoms with Crippen molar-refractivity contribution in [2.75, 3.05) is 0 Å². The van der Waals surface area contributed by atoms with Crippen LogP contribution < -0.4 is 0 Å². The summed E-state index contributed by atoms with van der Waals surface area (Å²) in [6.45, 7) is 10.1. The van der Waals surface area contributed by atoms with E-state index in [1.807, 2.05) is 0 Å². The number of fused-ring (bicyclic) bond motifs is 5. The largest absolute Gasteiger partial charge is 0.0847 e. The first-order valence-electron chi connectivity index (χ1n) is 6.60. The Labute approximate surface area is 94.1 Å². The van der Waals surface area contributed by atoms with Crippen LogP contribution in [0.5, 0.6) is 0 Å². The molecule has 2 fully saturated rings. The summed E-state index contributed by atoms with van der Waals surface area (Å²) in [7, 11) is 0. The average molecular weight is 204 g/mol. The fourth-order valence-corrected chi connectivity index (χ4v) is 5.32. The molecule has 4 unspecified atom stereocenters. The second kappa shape index (κ2) is 2.52. The first-order chi connectivity index (χ1) is 6.93. The maximum atomic E-state index is 2.59. The summed E-state index contributed by atoms with van der Waals surface area (Å²) in [5.74, 6) is 0.892. The van der Waals surface area contributed by atoms with Crippen molar-refractivity contribution >= 4 is 0 Å². The van der Waals surface area contributed by atoms with Crippen LogP contribution in [0.3, 0.4) is 0 Å². The zero-order valence-corrected chi connectivity index (χ0v) is 10.7. The third-order valence-electron chi connectivity index (χ3n) is 6.81. The Balaban J connectivity index is 2.18. The van der Waals surface area contributed by atoms with Gasteiger partial charge < -0.3 is 0 Å². The zero-order chi connectivity index (χ0) is 10.9. The Morgan fingerprint density at radius 3 is 2.67 bits per heavy atom. The van der Waals surface area contributed by atoms with E-state index in [1.54, 1.807) is 5.57 Å². The number of hydrogen-bond acceptors (Lipinski definition) is 0. The van der Waals surface area contributed by atoms with Crippen LogP contribution in [0.2, 0.25) is 0 Å². The van der Waals surface area contributed by atoms with Gasteiger partial charge in [-0.25, -0.2) is 0 Å². The minimum Gasteiger partial charge on any atom is -0.0847 e. The summed E-state index contributed by atoms with van der Waals surface area (Å²) in [4.78, 5) is 0. The SMILES string of the molecule is CC1=CCC2(C)CC1C1(C)CCCC21C. The highest BCUT2D eigenvalue weighted by Crippen LogP contribution is 2.75. The molecule has 4 atom stereocenters. The van der Waals surface area contributed by atoms with Gasteiger partial charge in [0.05, 0.1) is 0 Å². The van der Waals surface area contributed by atoms with Crippen molar-refractivity contribution in [3.63, 3.8) is 0 Å². The van der Waals surface area contributed by atoms with Gasteiger partial charge in [0.2, 0.25) is 0 Å². The molecule has 2 saturated carbocycles. The molecule has 0 spiro atoms. The highest BCUT2D eigenvalue weighted by Gasteiger charge is 2.67. The molecule has 15 heavy (non-hydrogen) atoms. The lowest BCUT2D eigenvalue weighted by atomic mass is 9.59. The van der Waals surface area contributed by atoms with Crippen LogP contribution in [-0.2, 0) is 0 Å². The fourth-order valence-electron chi connectivity index (χ4n) is 5.32. The average Bonchev–Trinajstić information content (AvgIpc) is 2.55. The van der Waals surface area contributed by atoms with E-state index in [2.05, 4.69) is 33.8 Å². The van der Waals surface area contributed by atoms with Crippen LogP contribution in [0.1, 0.15) is 59.8 Å². The van der Waals surface area contributed by atoms with Crippen molar-refractivity contribution in [2.24, 2.45) is 22.2 Å². The van der Waals surface area contributed by atoms with Gasteiger partial charge in [-0.1, -0.05) is 38.8 Å². The number of rotatable bonds is 0. The highest BCUT2D eigenvalue weighted by molar-refractivity contribution is 5.28. The third-order valence-corrected chi connectivity index (χ3v) is 6.81. The summed E-state index contributed by atoms with van der Waals surface area (Å²) in [6.07, 6.45) is 9.74. The summed E-state index contributed by atoms with van der Waals surface area (Å²) in [5.41, 5.74) is 3.51. The van der Waals surface area contributed by atoms with Crippen LogP contribution in [0.15, 0.2) is 11.6 Å². The predicted octanol–water partition coefficient (Wildman–Crippen LogP) is 4.56. The molecule has 0 heterocycles. The maximum absolute atomic E-state index is 2.59. The van der Waals surface area contributed by atoms with Gasteiger partial charge in [0.25, 0.3) is 0 Å². The van der Waals surface area contributed by atoms with Crippen molar-refractivity contribution in [3.8, 4) is 0 Å². The lowest BCUT2D eigenvalue weighted by Gasteiger charge is -2.45. The lowest BCUT2D eigenvalue weighted by Crippen LogP contribution is -2.38. The second-order valence-electron chi connectivity index (χ2n) is 7.07. The topological polar surface area (TPSA) is 0 Å². The Morgan fingerprint density at radius 2 is 1.93 bits per heavy atom. The van der Waals surface area contributed by atoms with Crippen LogP contribution in [0.4, 0.5) is 0 Å². The first-order valence-corrected chi connectivity index (χ1v) is 6.60. The smallest absolute Gasteiger partial charge is 0.0141 e. The zero-order valence-electron chi connectivity index (χ0n) is 10.7. The van der Waals surface area contributed by atoms with E-state index in [9.17, 15) is 0 Å². The molecule has 0 aromatic rings. The monoisotopic (exact) mass is 204 g/mol. The number of allylic oxidation sites excluding steroid dienone is 2. The molecule has 0 saturated heterocycles. The van der Waals surface area contributed by atoms with Crippen molar-refractivity contribution in [2.45, 2.75) is 59.8 Å². The number of hydrogen-bond donors (Lipinski definition) is 0. The normalized spacial score (nSPS) is 57.9. The fraction of sp³-hybridized carbons (Fsp3) is 0.867. The quantitative estimate of drug-likeness (QED) is 0.507. The van der Waals surface area contributed by atoms with Gasteiger partial charge >= 0.3 is 0 Å². The molecule has 2 bridgehead atoms. The second-order valence-corrected chi connectivity index (χ2v) is 7.07. The molecule has 0 N–H and O–H groups in total. The van der Waals surface area contributed by atoms with E-state index >= 15 is 0 Å². The van der Waals surface area contributed by atoms with Crippen molar-refractivity contribution < 1.29 is 0 Å². The molecule has 0 nitrogen and oxygen atoms in total. The Hall–Kier alpha value is -0.260. The molecular weight excluding hydrogens is 180 g/mol. The lowest BCUT2D eigenvalue weighted by molar-refractivity contribution is 0.0355.